The zero-order valence-electron chi connectivity index (χ0n) is 28.0. The van der Waals surface area contributed by atoms with Crippen LogP contribution in [-0.2, 0) is 24.3 Å². The molecule has 0 radical (unpaired) electrons. The maximum absolute atomic E-state index is 13.5. The van der Waals surface area contributed by atoms with Gasteiger partial charge in [0, 0.05) is 37.5 Å². The maximum Gasteiger partial charge on any atom is 0.320 e. The summed E-state index contributed by atoms with van der Waals surface area (Å²) >= 11 is 6.90. The van der Waals surface area contributed by atoms with Gasteiger partial charge in [-0.2, -0.15) is 0 Å². The molecule has 2 aromatic carbocycles. The predicted octanol–water partition coefficient (Wildman–Crippen LogP) is 7.13. The van der Waals surface area contributed by atoms with Crippen molar-refractivity contribution < 1.29 is 19.5 Å². The van der Waals surface area contributed by atoms with Crippen molar-refractivity contribution in [1.82, 2.24) is 19.8 Å². The van der Waals surface area contributed by atoms with Crippen LogP contribution in [0.1, 0.15) is 80.9 Å². The van der Waals surface area contributed by atoms with Crippen molar-refractivity contribution in [3.63, 3.8) is 0 Å². The summed E-state index contributed by atoms with van der Waals surface area (Å²) in [5.41, 5.74) is 7.47. The fourth-order valence-corrected chi connectivity index (χ4v) is 7.16. The van der Waals surface area contributed by atoms with Gasteiger partial charge in [0.05, 0.1) is 10.7 Å². The van der Waals surface area contributed by atoms with E-state index in [2.05, 4.69) is 20.2 Å². The highest BCUT2D eigenvalue weighted by Crippen LogP contribution is 2.37. The molecule has 0 spiro atoms. The molecule has 1 atom stereocenters. The van der Waals surface area contributed by atoms with Crippen molar-refractivity contribution in [2.24, 2.45) is 0 Å². The number of nitrogens with zero attached hydrogens (tertiary/aromatic N) is 4. The van der Waals surface area contributed by atoms with Gasteiger partial charge in [0.25, 0.3) is 5.91 Å². The van der Waals surface area contributed by atoms with E-state index in [4.69, 9.17) is 11.6 Å². The normalized spacial score (nSPS) is 16.8. The summed E-state index contributed by atoms with van der Waals surface area (Å²) in [5.74, 6) is -1.24. The number of carbonyl (C=O) groups is 3. The van der Waals surface area contributed by atoms with Crippen LogP contribution < -0.4 is 5.32 Å². The average Bonchev–Trinajstić information content (AvgIpc) is 3.61. The Morgan fingerprint density at radius 3 is 2.33 bits per heavy atom. The van der Waals surface area contributed by atoms with E-state index in [0.29, 0.717) is 35.1 Å². The number of likely N-dealkylation sites (tertiary alicyclic amines) is 2. The number of rotatable bonds is 11. The average molecular weight is 680 g/mol. The van der Waals surface area contributed by atoms with E-state index >= 15 is 0 Å². The van der Waals surface area contributed by atoms with Gasteiger partial charge < -0.3 is 10.4 Å². The topological polar surface area (TPSA) is 116 Å². The summed E-state index contributed by atoms with van der Waals surface area (Å²) in [6.07, 6.45) is 8.61. The quantitative estimate of drug-likeness (QED) is 0.161. The zero-order chi connectivity index (χ0) is 34.5. The Bertz CT molecular complexity index is 1860. The van der Waals surface area contributed by atoms with Crippen molar-refractivity contribution in [3.8, 4) is 11.1 Å². The van der Waals surface area contributed by atoms with Crippen LogP contribution in [0.25, 0.3) is 11.1 Å². The molecule has 4 aromatic rings. The van der Waals surface area contributed by atoms with E-state index < -0.39 is 12.0 Å². The molecule has 0 aliphatic carbocycles. The third-order valence-electron chi connectivity index (χ3n) is 9.77. The monoisotopic (exact) mass is 679 g/mol. The summed E-state index contributed by atoms with van der Waals surface area (Å²) < 4.78 is 0. The fraction of sp³-hybridized carbons (Fsp3) is 0.359. The van der Waals surface area contributed by atoms with Crippen LogP contribution in [0.3, 0.4) is 0 Å². The minimum Gasteiger partial charge on any atom is -0.480 e. The van der Waals surface area contributed by atoms with Crippen LogP contribution in [0.4, 0.5) is 5.69 Å². The Morgan fingerprint density at radius 2 is 1.59 bits per heavy atom. The number of nitrogens with one attached hydrogen (secondary N) is 1. The van der Waals surface area contributed by atoms with Gasteiger partial charge in [-0.1, -0.05) is 54.4 Å². The second-order valence-corrected chi connectivity index (χ2v) is 13.5. The number of ketones is 1. The molecule has 0 saturated carbocycles. The SMILES string of the molecule is Cc1cc(C(=O)Cc2cccc(-c3cccc(NC(=O)c4ccc(CN5CCCC5)cn4)c3Cl)c2C)ncc1CN1CCCC[C@H]1C(=O)O. The van der Waals surface area contributed by atoms with Crippen molar-refractivity contribution in [2.75, 3.05) is 25.0 Å². The molecule has 4 heterocycles. The van der Waals surface area contributed by atoms with Crippen molar-refractivity contribution in [2.45, 2.75) is 71.5 Å². The Morgan fingerprint density at radius 1 is 0.857 bits per heavy atom. The number of aliphatic carboxylic acids is 1. The van der Waals surface area contributed by atoms with E-state index in [1.54, 1.807) is 30.6 Å². The van der Waals surface area contributed by atoms with Gasteiger partial charge in [-0.25, -0.2) is 0 Å². The Hall–Kier alpha value is -4.44. The standard InChI is InChI=1S/C39H42ClN5O4/c1-25-19-34(42-22-29(25)24-45-18-4-3-13-35(45)39(48)49)36(46)20-28-9-7-10-30(26(28)2)31-11-8-12-32(37(31)40)43-38(47)33-15-14-27(21-41-33)23-44-16-5-6-17-44/h7-12,14-15,19,21-22,35H,3-6,13,16-18,20,23-24H2,1-2H3,(H,43,47)(H,48,49)/t35-/m0/s1. The number of Topliss-reactive ketones (excluding diaryl/α,β-unsaturated/α-hetero) is 1. The van der Waals surface area contributed by atoms with Gasteiger partial charge in [-0.05, 0) is 111 Å². The maximum atomic E-state index is 13.5. The van der Waals surface area contributed by atoms with Gasteiger partial charge in [-0.15, -0.1) is 0 Å². The molecule has 2 aliphatic heterocycles. The van der Waals surface area contributed by atoms with Gasteiger partial charge in [0.15, 0.2) is 5.78 Å². The number of carboxylic acids is 1. The number of carbonyl (C=O) groups excluding carboxylic acids is 2. The number of carboxylic acid groups (broad SMARTS) is 1. The summed E-state index contributed by atoms with van der Waals surface area (Å²) in [6, 6.07) is 16.3. The third kappa shape index (κ3) is 8.07. The first-order valence-electron chi connectivity index (χ1n) is 17.0. The highest BCUT2D eigenvalue weighted by atomic mass is 35.5. The number of benzene rings is 2. The lowest BCUT2D eigenvalue weighted by atomic mass is 9.93. The molecule has 6 rings (SSSR count). The van der Waals surface area contributed by atoms with Gasteiger partial charge in [0.1, 0.15) is 17.4 Å². The molecule has 0 bridgehead atoms. The minimum atomic E-state index is -0.793. The van der Waals surface area contributed by atoms with E-state index in [1.165, 1.54) is 12.8 Å². The number of anilines is 1. The molecule has 1 amide bonds. The van der Waals surface area contributed by atoms with Crippen LogP contribution in [-0.4, -0.2) is 68.2 Å². The highest BCUT2D eigenvalue weighted by Gasteiger charge is 2.29. The van der Waals surface area contributed by atoms with Crippen LogP contribution in [0.5, 0.6) is 0 Å². The summed E-state index contributed by atoms with van der Waals surface area (Å²) in [4.78, 5) is 51.6. The van der Waals surface area contributed by atoms with E-state index in [0.717, 1.165) is 78.0 Å². The molecular formula is C39H42ClN5O4. The summed E-state index contributed by atoms with van der Waals surface area (Å²) in [6.45, 7) is 8.16. The number of aryl methyl sites for hydroxylation is 1. The molecule has 254 valence electrons. The first-order valence-corrected chi connectivity index (χ1v) is 17.4. The number of amides is 1. The molecule has 0 unspecified atom stereocenters. The van der Waals surface area contributed by atoms with Crippen molar-refractivity contribution >= 4 is 34.9 Å². The molecule has 2 aliphatic rings. The third-order valence-corrected chi connectivity index (χ3v) is 10.2. The van der Waals surface area contributed by atoms with Gasteiger partial charge in [-0.3, -0.25) is 34.2 Å². The van der Waals surface area contributed by atoms with Gasteiger partial charge in [0.2, 0.25) is 0 Å². The number of aromatic nitrogens is 2. The van der Waals surface area contributed by atoms with Crippen LogP contribution in [0.2, 0.25) is 5.02 Å². The molecule has 2 fully saturated rings. The number of pyridine rings is 2. The van der Waals surface area contributed by atoms with Crippen molar-refractivity contribution in [3.05, 3.63) is 111 Å². The van der Waals surface area contributed by atoms with Crippen LogP contribution >= 0.6 is 11.6 Å². The Labute approximate surface area is 292 Å². The number of piperidine rings is 1. The highest BCUT2D eigenvalue weighted by molar-refractivity contribution is 6.36. The Kier molecular flexibility index (Phi) is 10.8. The first kappa shape index (κ1) is 34.4. The number of hydrogen-bond donors (Lipinski definition) is 2. The van der Waals surface area contributed by atoms with E-state index in [1.807, 2.05) is 55.1 Å². The molecule has 2 saturated heterocycles. The zero-order valence-corrected chi connectivity index (χ0v) is 28.8. The summed E-state index contributed by atoms with van der Waals surface area (Å²) in [7, 11) is 0. The lowest BCUT2D eigenvalue weighted by molar-refractivity contribution is -0.144. The lowest BCUT2D eigenvalue weighted by Crippen LogP contribution is -2.44. The molecule has 2 aromatic heterocycles. The minimum absolute atomic E-state index is 0.109. The van der Waals surface area contributed by atoms with Crippen LogP contribution in [0.15, 0.2) is 67.0 Å². The lowest BCUT2D eigenvalue weighted by Gasteiger charge is -2.33. The second kappa shape index (κ2) is 15.4. The van der Waals surface area contributed by atoms with Gasteiger partial charge >= 0.3 is 5.97 Å². The molecule has 49 heavy (non-hydrogen) atoms. The molecule has 10 heteroatoms. The second-order valence-electron chi connectivity index (χ2n) is 13.2. The van der Waals surface area contributed by atoms with E-state index in [9.17, 15) is 19.5 Å². The number of halogens is 1. The largest absolute Gasteiger partial charge is 0.480 e. The molecule has 9 nitrogen and oxygen atoms in total. The van der Waals surface area contributed by atoms with Crippen molar-refractivity contribution in [1.29, 1.82) is 0 Å². The summed E-state index contributed by atoms with van der Waals surface area (Å²) in [5, 5.41) is 13.0. The number of hydrogen-bond acceptors (Lipinski definition) is 7. The first-order chi connectivity index (χ1) is 23.7. The smallest absolute Gasteiger partial charge is 0.320 e. The Balaban J connectivity index is 1.14. The molecule has 2 N–H and O–H groups in total. The molecular weight excluding hydrogens is 638 g/mol. The van der Waals surface area contributed by atoms with E-state index in [-0.39, 0.29) is 18.1 Å². The van der Waals surface area contributed by atoms with Crippen LogP contribution in [0, 0.1) is 13.8 Å². The predicted molar refractivity (Wildman–Crippen MR) is 191 cm³/mol. The fourth-order valence-electron chi connectivity index (χ4n) is 6.89.